The maximum absolute atomic E-state index is 10.6. The molecule has 1 aromatic carbocycles. The molecule has 0 atom stereocenters. The minimum absolute atomic E-state index is 0.299. The second-order valence-corrected chi connectivity index (χ2v) is 6.03. The van der Waals surface area contributed by atoms with E-state index in [1.807, 2.05) is 6.92 Å². The van der Waals surface area contributed by atoms with Crippen LogP contribution in [0.15, 0.2) is 32.4 Å². The molecule has 0 fully saturated rings. The fraction of sp³-hybridized carbons (Fsp3) is 0.154. The first kappa shape index (κ1) is 16.5. The zero-order valence-corrected chi connectivity index (χ0v) is 14.6. The van der Waals surface area contributed by atoms with E-state index in [9.17, 15) is 4.79 Å². The second-order valence-electron chi connectivity index (χ2n) is 4.33. The Labute approximate surface area is 143 Å². The van der Waals surface area contributed by atoms with Crippen molar-refractivity contribution in [2.75, 3.05) is 12.3 Å². The molecule has 1 heterocycles. The smallest absolute Gasteiger partial charge is 0.341 e. The first-order valence-corrected chi connectivity index (χ1v) is 7.65. The van der Waals surface area contributed by atoms with E-state index >= 15 is 0 Å². The molecule has 0 radical (unpaired) electrons. The fourth-order valence-corrected chi connectivity index (χ4v) is 3.10. The highest BCUT2D eigenvalue weighted by Crippen LogP contribution is 2.34. The van der Waals surface area contributed by atoms with Crippen molar-refractivity contribution in [3.05, 3.63) is 38.5 Å². The average molecular weight is 432 g/mol. The van der Waals surface area contributed by atoms with Gasteiger partial charge in [-0.2, -0.15) is 5.10 Å². The third kappa shape index (κ3) is 4.08. The summed E-state index contributed by atoms with van der Waals surface area (Å²) in [6, 6.07) is 3.51. The number of carbonyl (C=O) groups is 1. The minimum atomic E-state index is -1.05. The normalized spacial score (nSPS) is 11.0. The van der Waals surface area contributed by atoms with Gasteiger partial charge in [0.2, 0.25) is 5.95 Å². The molecule has 0 saturated heterocycles. The van der Waals surface area contributed by atoms with Crippen LogP contribution in [0.25, 0.3) is 0 Å². The number of hydrogen-bond acceptors (Lipinski definition) is 5. The van der Waals surface area contributed by atoms with Crippen LogP contribution in [0.3, 0.4) is 0 Å². The van der Waals surface area contributed by atoms with Crippen LogP contribution in [0.2, 0.25) is 0 Å². The molecule has 1 aromatic heterocycles. The number of nitrogens with two attached hydrogens (primary N) is 1. The number of benzene rings is 1. The van der Waals surface area contributed by atoms with E-state index < -0.39 is 12.6 Å². The zero-order chi connectivity index (χ0) is 16.3. The van der Waals surface area contributed by atoms with E-state index in [-0.39, 0.29) is 0 Å². The number of carboxylic acid groups (broad SMARTS) is 1. The monoisotopic (exact) mass is 430 g/mol. The molecule has 9 heteroatoms. The lowest BCUT2D eigenvalue weighted by Crippen LogP contribution is -2.10. The van der Waals surface area contributed by atoms with Crippen LogP contribution in [0.1, 0.15) is 11.3 Å². The van der Waals surface area contributed by atoms with Crippen LogP contribution >= 0.6 is 31.9 Å². The van der Waals surface area contributed by atoms with E-state index in [1.165, 1.54) is 4.68 Å². The second kappa shape index (κ2) is 6.93. The molecule has 0 saturated carbocycles. The number of aryl methyl sites for hydroxylation is 1. The Hall–Kier alpha value is -1.87. The molecular formula is C13H12Br2N4O3. The van der Waals surface area contributed by atoms with Gasteiger partial charge in [-0.1, -0.05) is 0 Å². The maximum atomic E-state index is 10.6. The van der Waals surface area contributed by atoms with Gasteiger partial charge in [0.05, 0.1) is 27.1 Å². The molecule has 2 aromatic rings. The number of hydrogen-bond donors (Lipinski definition) is 2. The predicted molar refractivity (Wildman–Crippen MR) is 89.3 cm³/mol. The molecule has 7 nitrogen and oxygen atoms in total. The summed E-state index contributed by atoms with van der Waals surface area (Å²) < 4.78 is 7.88. The van der Waals surface area contributed by atoms with Crippen molar-refractivity contribution in [1.29, 1.82) is 0 Å². The van der Waals surface area contributed by atoms with Crippen molar-refractivity contribution >= 4 is 50.0 Å². The van der Waals surface area contributed by atoms with E-state index in [1.54, 1.807) is 24.5 Å². The number of aliphatic carboxylic acids is 1. The van der Waals surface area contributed by atoms with Crippen LogP contribution in [-0.2, 0) is 4.79 Å². The zero-order valence-electron chi connectivity index (χ0n) is 11.5. The molecule has 3 N–H and O–H groups in total. The number of nitrogens with zero attached hydrogens (tertiary/aromatic N) is 3. The summed E-state index contributed by atoms with van der Waals surface area (Å²) in [4.78, 5) is 14.6. The Morgan fingerprint density at radius 3 is 2.64 bits per heavy atom. The molecule has 0 spiro atoms. The van der Waals surface area contributed by atoms with Gasteiger partial charge in [0.25, 0.3) is 0 Å². The van der Waals surface area contributed by atoms with Crippen LogP contribution < -0.4 is 10.5 Å². The number of nitrogen functional groups attached to an aromatic ring is 1. The Morgan fingerprint density at radius 1 is 1.50 bits per heavy atom. The summed E-state index contributed by atoms with van der Waals surface area (Å²) in [7, 11) is 0. The van der Waals surface area contributed by atoms with Crippen molar-refractivity contribution < 1.29 is 14.6 Å². The van der Waals surface area contributed by atoms with Gasteiger partial charge in [0.1, 0.15) is 5.75 Å². The Morgan fingerprint density at radius 2 is 2.14 bits per heavy atom. The topological polar surface area (TPSA) is 103 Å². The Kier molecular flexibility index (Phi) is 5.19. The molecule has 116 valence electrons. The van der Waals surface area contributed by atoms with Crippen molar-refractivity contribution in [3.8, 4) is 5.75 Å². The highest BCUT2D eigenvalue weighted by atomic mass is 79.9. The predicted octanol–water partition coefficient (Wildman–Crippen LogP) is 2.64. The molecule has 0 bridgehead atoms. The quantitative estimate of drug-likeness (QED) is 0.708. The number of rotatable bonds is 5. The van der Waals surface area contributed by atoms with E-state index in [2.05, 4.69) is 41.9 Å². The molecule has 0 unspecified atom stereocenters. The summed E-state index contributed by atoms with van der Waals surface area (Å²) in [5.41, 5.74) is 7.24. The standard InChI is InChI=1S/C13H12Br2N4O3/c1-7-5-19(13(16)18-7)17-4-8-2-9(14)12(10(15)3-8)22-6-11(20)21/h2-5H,6H2,1H3,(H2,16,18)(H,20,21). The molecule has 0 amide bonds. The van der Waals surface area contributed by atoms with Gasteiger partial charge in [-0.3, -0.25) is 0 Å². The lowest BCUT2D eigenvalue weighted by Gasteiger charge is -2.09. The van der Waals surface area contributed by atoms with Crippen LogP contribution in [-0.4, -0.2) is 33.6 Å². The summed E-state index contributed by atoms with van der Waals surface area (Å²) in [5.74, 6) is -0.332. The Bertz CT molecular complexity index is 720. The maximum Gasteiger partial charge on any atom is 0.341 e. The molecule has 22 heavy (non-hydrogen) atoms. The molecule has 2 rings (SSSR count). The van der Waals surface area contributed by atoms with Crippen LogP contribution in [0, 0.1) is 6.92 Å². The van der Waals surface area contributed by atoms with Gasteiger partial charge >= 0.3 is 5.97 Å². The van der Waals surface area contributed by atoms with Gasteiger partial charge in [0.15, 0.2) is 6.61 Å². The average Bonchev–Trinajstić information content (AvgIpc) is 2.73. The van der Waals surface area contributed by atoms with E-state index in [0.29, 0.717) is 20.6 Å². The molecule has 0 aliphatic heterocycles. The fourth-order valence-electron chi connectivity index (χ4n) is 1.65. The number of imidazole rings is 1. The first-order chi connectivity index (χ1) is 10.4. The molecule has 0 aliphatic rings. The van der Waals surface area contributed by atoms with E-state index in [4.69, 9.17) is 15.6 Å². The number of halogens is 2. The highest BCUT2D eigenvalue weighted by molar-refractivity contribution is 9.11. The van der Waals surface area contributed by atoms with Gasteiger partial charge < -0.3 is 15.6 Å². The number of aromatic nitrogens is 2. The summed E-state index contributed by atoms with van der Waals surface area (Å²) in [5, 5.41) is 12.9. The van der Waals surface area contributed by atoms with Crippen molar-refractivity contribution in [2.24, 2.45) is 5.10 Å². The molecule has 0 aliphatic carbocycles. The van der Waals surface area contributed by atoms with E-state index in [0.717, 1.165) is 11.3 Å². The summed E-state index contributed by atoms with van der Waals surface area (Å²) >= 11 is 6.68. The number of anilines is 1. The van der Waals surface area contributed by atoms with Gasteiger partial charge in [0, 0.05) is 0 Å². The SMILES string of the molecule is Cc1cn(N=Cc2cc(Br)c(OCC(=O)O)c(Br)c2)c(N)n1. The highest BCUT2D eigenvalue weighted by Gasteiger charge is 2.10. The molecular weight excluding hydrogens is 420 g/mol. The Balaban J connectivity index is 2.23. The number of ether oxygens (including phenoxy) is 1. The van der Waals surface area contributed by atoms with Crippen LogP contribution in [0.4, 0.5) is 5.95 Å². The number of carboxylic acids is 1. The van der Waals surface area contributed by atoms with Gasteiger partial charge in [-0.25, -0.2) is 14.5 Å². The van der Waals surface area contributed by atoms with Crippen molar-refractivity contribution in [3.63, 3.8) is 0 Å². The first-order valence-electron chi connectivity index (χ1n) is 6.06. The van der Waals surface area contributed by atoms with Crippen molar-refractivity contribution in [2.45, 2.75) is 6.92 Å². The third-order valence-electron chi connectivity index (χ3n) is 2.53. The van der Waals surface area contributed by atoms with Gasteiger partial charge in [-0.05, 0) is 56.5 Å². The van der Waals surface area contributed by atoms with Crippen molar-refractivity contribution in [1.82, 2.24) is 9.66 Å². The summed E-state index contributed by atoms with van der Waals surface area (Å²) in [6.07, 6.45) is 3.31. The largest absolute Gasteiger partial charge is 0.480 e. The summed E-state index contributed by atoms with van der Waals surface area (Å²) in [6.45, 7) is 1.40. The van der Waals surface area contributed by atoms with Gasteiger partial charge in [-0.15, -0.1) is 0 Å². The third-order valence-corrected chi connectivity index (χ3v) is 3.70. The van der Waals surface area contributed by atoms with Crippen LogP contribution in [0.5, 0.6) is 5.75 Å². The minimum Gasteiger partial charge on any atom is -0.480 e. The lowest BCUT2D eigenvalue weighted by atomic mass is 10.2. The lowest BCUT2D eigenvalue weighted by molar-refractivity contribution is -0.139.